The van der Waals surface area contributed by atoms with E-state index in [0.29, 0.717) is 26.9 Å². The number of H-pyrrole nitrogens is 1. The van der Waals surface area contributed by atoms with Crippen LogP contribution in [0.2, 0.25) is 0 Å². The number of hydrogen-bond acceptors (Lipinski definition) is 7. The quantitative estimate of drug-likeness (QED) is 0.429. The first-order valence-corrected chi connectivity index (χ1v) is 14.9. The van der Waals surface area contributed by atoms with Crippen molar-refractivity contribution in [3.63, 3.8) is 0 Å². The molecule has 0 spiro atoms. The summed E-state index contributed by atoms with van der Waals surface area (Å²) in [5, 5.41) is -0.107. The number of benzene rings is 2. The molecule has 1 aromatic heterocycles. The number of aromatic amines is 1. The molecule has 38 heavy (non-hydrogen) atoms. The van der Waals surface area contributed by atoms with E-state index in [1.807, 2.05) is 23.1 Å². The van der Waals surface area contributed by atoms with Crippen molar-refractivity contribution in [2.24, 2.45) is 5.92 Å². The van der Waals surface area contributed by atoms with E-state index in [2.05, 4.69) is 20.9 Å². The highest BCUT2D eigenvalue weighted by Gasteiger charge is 2.56. The molecule has 3 aliphatic heterocycles. The Labute approximate surface area is 235 Å². The molecule has 0 aliphatic carbocycles. The van der Waals surface area contributed by atoms with Crippen molar-refractivity contribution in [1.29, 1.82) is 0 Å². The number of thiazole rings is 1. The van der Waals surface area contributed by atoms with Gasteiger partial charge in [0.15, 0.2) is 6.61 Å². The highest BCUT2D eigenvalue weighted by atomic mass is 79.9. The number of nitrogens with one attached hydrogen (secondary N) is 1. The van der Waals surface area contributed by atoms with Crippen LogP contribution in [-0.2, 0) is 14.4 Å². The number of ether oxygens (including phenoxy) is 1. The summed E-state index contributed by atoms with van der Waals surface area (Å²) >= 11 is 5.81. The molecule has 3 aliphatic rings. The fourth-order valence-corrected chi connectivity index (χ4v) is 8.34. The second kappa shape index (κ2) is 10.3. The van der Waals surface area contributed by atoms with Crippen LogP contribution in [0.4, 0.5) is 5.69 Å². The standard InChI is InChI=1S/C27H24BrN3O5S2/c28-15-9-10-18(36-14-19(32)30-11-5-2-6-12-30)17(13-15)20-21-23(37-24-22(20)38-27(35)29-24)26(34)31(25(21)33)16-7-3-1-4-8-16/h1,3-4,7-10,13,20-21,23H,2,5-6,11-12,14H2,(H,29,35)/t20-,21-,23+/m0/s1. The van der Waals surface area contributed by atoms with Crippen LogP contribution in [0.3, 0.4) is 0 Å². The molecule has 8 nitrogen and oxygen atoms in total. The lowest BCUT2D eigenvalue weighted by atomic mass is 9.82. The number of piperidine rings is 1. The minimum absolute atomic E-state index is 0.0787. The topological polar surface area (TPSA) is 99.8 Å². The average Bonchev–Trinajstić information content (AvgIpc) is 3.42. The summed E-state index contributed by atoms with van der Waals surface area (Å²) in [5.41, 5.74) is 1.18. The molecule has 2 aromatic carbocycles. The number of nitrogens with zero attached hydrogens (tertiary/aromatic N) is 2. The second-order valence-corrected chi connectivity index (χ2v) is 12.6. The molecule has 0 bridgehead atoms. The molecule has 2 fully saturated rings. The SMILES string of the molecule is O=C(COc1ccc(Br)cc1[C@@H]1c2sc(=O)[nH]c2S[C@H]2C(=O)N(c3ccccc3)C(=O)[C@@H]12)N1CCCCC1. The summed E-state index contributed by atoms with van der Waals surface area (Å²) in [5.74, 6) is -1.57. The van der Waals surface area contributed by atoms with Crippen LogP contribution < -0.4 is 14.5 Å². The normalized spacial score (nSPS) is 22.8. The van der Waals surface area contributed by atoms with Crippen molar-refractivity contribution in [1.82, 2.24) is 9.88 Å². The van der Waals surface area contributed by atoms with E-state index >= 15 is 0 Å². The Morgan fingerprint density at radius 1 is 1.03 bits per heavy atom. The van der Waals surface area contributed by atoms with Crippen molar-refractivity contribution < 1.29 is 19.1 Å². The van der Waals surface area contributed by atoms with Crippen molar-refractivity contribution in [3.8, 4) is 5.75 Å². The molecule has 3 atom stereocenters. The smallest absolute Gasteiger partial charge is 0.305 e. The maximum atomic E-state index is 13.9. The maximum absolute atomic E-state index is 13.9. The number of carbonyl (C=O) groups excluding carboxylic acids is 3. The molecule has 0 radical (unpaired) electrons. The summed E-state index contributed by atoms with van der Waals surface area (Å²) in [6, 6.07) is 14.3. The summed E-state index contributed by atoms with van der Waals surface area (Å²) in [7, 11) is 0. The third-order valence-electron chi connectivity index (χ3n) is 7.21. The van der Waals surface area contributed by atoms with Crippen LogP contribution in [0.5, 0.6) is 5.75 Å². The van der Waals surface area contributed by atoms with Gasteiger partial charge in [-0.2, -0.15) is 0 Å². The number of amides is 3. The van der Waals surface area contributed by atoms with Gasteiger partial charge in [-0.25, -0.2) is 4.90 Å². The van der Waals surface area contributed by atoms with Gasteiger partial charge in [-0.3, -0.25) is 19.2 Å². The lowest BCUT2D eigenvalue weighted by Crippen LogP contribution is -2.38. The number of para-hydroxylation sites is 1. The Hall–Kier alpha value is -2.89. The predicted octanol–water partition coefficient (Wildman–Crippen LogP) is 4.39. The minimum Gasteiger partial charge on any atom is -0.483 e. The van der Waals surface area contributed by atoms with Gasteiger partial charge in [-0.05, 0) is 49.6 Å². The number of carbonyl (C=O) groups is 3. The van der Waals surface area contributed by atoms with E-state index in [-0.39, 0.29) is 29.2 Å². The van der Waals surface area contributed by atoms with Crippen LogP contribution in [0.1, 0.15) is 35.6 Å². The molecule has 6 rings (SSSR count). The molecule has 11 heteroatoms. The number of likely N-dealkylation sites (tertiary alicyclic amines) is 1. The Kier molecular flexibility index (Phi) is 6.92. The van der Waals surface area contributed by atoms with Crippen molar-refractivity contribution in [3.05, 3.63) is 73.1 Å². The molecule has 3 amide bonds. The fraction of sp³-hybridized carbons (Fsp3) is 0.333. The number of imide groups is 1. The third-order valence-corrected chi connectivity index (χ3v) is 10.1. The molecule has 3 aromatic rings. The molecule has 0 unspecified atom stereocenters. The van der Waals surface area contributed by atoms with Gasteiger partial charge in [0.25, 0.3) is 5.91 Å². The van der Waals surface area contributed by atoms with Gasteiger partial charge in [0.1, 0.15) is 11.0 Å². The number of halogens is 1. The number of thioether (sulfide) groups is 1. The molecular formula is C27H24BrN3O5S2. The molecule has 0 saturated carbocycles. The predicted molar refractivity (Wildman–Crippen MR) is 149 cm³/mol. The van der Waals surface area contributed by atoms with E-state index in [1.54, 1.807) is 30.3 Å². The number of fused-ring (bicyclic) bond motifs is 2. The van der Waals surface area contributed by atoms with Crippen LogP contribution >= 0.6 is 39.0 Å². The first-order chi connectivity index (χ1) is 18.4. The molecular weight excluding hydrogens is 590 g/mol. The summed E-state index contributed by atoms with van der Waals surface area (Å²) in [4.78, 5) is 59.2. The van der Waals surface area contributed by atoms with E-state index in [9.17, 15) is 19.2 Å². The lowest BCUT2D eigenvalue weighted by Gasteiger charge is -2.31. The van der Waals surface area contributed by atoms with Crippen LogP contribution in [0.15, 0.2) is 62.8 Å². The Morgan fingerprint density at radius 2 is 1.79 bits per heavy atom. The molecule has 2 saturated heterocycles. The van der Waals surface area contributed by atoms with Gasteiger partial charge in [0.2, 0.25) is 11.8 Å². The molecule has 196 valence electrons. The van der Waals surface area contributed by atoms with Crippen LogP contribution in [-0.4, -0.2) is 52.6 Å². The zero-order chi connectivity index (χ0) is 26.4. The van der Waals surface area contributed by atoms with Crippen molar-refractivity contribution >= 4 is 62.4 Å². The Morgan fingerprint density at radius 3 is 2.55 bits per heavy atom. The number of hydrogen-bond donors (Lipinski definition) is 1. The van der Waals surface area contributed by atoms with E-state index in [0.717, 1.165) is 48.2 Å². The second-order valence-electron chi connectivity index (χ2n) is 9.51. The zero-order valence-electron chi connectivity index (χ0n) is 20.2. The van der Waals surface area contributed by atoms with Crippen LogP contribution in [0.25, 0.3) is 0 Å². The highest BCUT2D eigenvalue weighted by molar-refractivity contribution is 9.10. The maximum Gasteiger partial charge on any atom is 0.305 e. The van der Waals surface area contributed by atoms with E-state index in [4.69, 9.17) is 4.74 Å². The summed E-state index contributed by atoms with van der Waals surface area (Å²) in [6.07, 6.45) is 3.10. The van der Waals surface area contributed by atoms with Crippen molar-refractivity contribution in [2.75, 3.05) is 24.6 Å². The summed E-state index contributed by atoms with van der Waals surface area (Å²) in [6.45, 7) is 1.33. The Bertz CT molecular complexity index is 1470. The lowest BCUT2D eigenvalue weighted by molar-refractivity contribution is -0.134. The van der Waals surface area contributed by atoms with E-state index < -0.39 is 17.1 Å². The number of anilines is 1. The Balaban J connectivity index is 1.39. The highest BCUT2D eigenvalue weighted by Crippen LogP contribution is 2.54. The minimum atomic E-state index is -0.735. The third kappa shape index (κ3) is 4.50. The number of rotatable bonds is 5. The fourth-order valence-electron chi connectivity index (χ4n) is 5.45. The van der Waals surface area contributed by atoms with Gasteiger partial charge in [0, 0.05) is 33.9 Å². The summed E-state index contributed by atoms with van der Waals surface area (Å²) < 4.78 is 6.85. The average molecular weight is 615 g/mol. The van der Waals surface area contributed by atoms with Gasteiger partial charge < -0.3 is 14.6 Å². The van der Waals surface area contributed by atoms with Crippen molar-refractivity contribution in [2.45, 2.75) is 35.5 Å². The molecule has 4 heterocycles. The van der Waals surface area contributed by atoms with Crippen LogP contribution in [0, 0.1) is 5.92 Å². The monoisotopic (exact) mass is 613 g/mol. The molecule has 1 N–H and O–H groups in total. The van der Waals surface area contributed by atoms with Gasteiger partial charge >= 0.3 is 4.87 Å². The number of aromatic nitrogens is 1. The van der Waals surface area contributed by atoms with Gasteiger partial charge in [-0.15, -0.1) is 0 Å². The van der Waals surface area contributed by atoms with E-state index in [1.165, 1.54) is 16.7 Å². The zero-order valence-corrected chi connectivity index (χ0v) is 23.4. The first kappa shape index (κ1) is 25.4. The van der Waals surface area contributed by atoms with Gasteiger partial charge in [0.05, 0.1) is 16.6 Å². The van der Waals surface area contributed by atoms with Gasteiger partial charge in [-0.1, -0.05) is 57.2 Å². The first-order valence-electron chi connectivity index (χ1n) is 12.4. The largest absolute Gasteiger partial charge is 0.483 e.